The van der Waals surface area contributed by atoms with Crippen molar-refractivity contribution in [1.82, 2.24) is 9.97 Å². The number of aliphatic hydroxyl groups excluding tert-OH is 1. The fourth-order valence-corrected chi connectivity index (χ4v) is 3.21. The molecule has 6 nitrogen and oxygen atoms in total. The van der Waals surface area contributed by atoms with Crippen LogP contribution in [0.15, 0.2) is 24.7 Å². The molecule has 1 aromatic heterocycles. The number of hydrogen-bond acceptors (Lipinski definition) is 6. The van der Waals surface area contributed by atoms with Crippen LogP contribution in [0.1, 0.15) is 35.5 Å². The van der Waals surface area contributed by atoms with Crippen molar-refractivity contribution in [3.05, 3.63) is 53.1 Å². The Morgan fingerprint density at radius 1 is 1.27 bits per heavy atom. The largest absolute Gasteiger partial charge is 0.392 e. The zero-order valence-electron chi connectivity index (χ0n) is 14.4. The van der Waals surface area contributed by atoms with E-state index in [1.54, 1.807) is 4.90 Å². The number of aliphatic hydroxyl groups is 1. The molecule has 26 heavy (non-hydrogen) atoms. The van der Waals surface area contributed by atoms with Gasteiger partial charge in [0.05, 0.1) is 36.3 Å². The Morgan fingerprint density at radius 2 is 1.96 bits per heavy atom. The Labute approximate surface area is 149 Å². The maximum atomic E-state index is 14.9. The highest BCUT2D eigenvalue weighted by molar-refractivity contribution is 6.08. The lowest BCUT2D eigenvalue weighted by Gasteiger charge is -2.38. The first kappa shape index (κ1) is 18.3. The second-order valence-corrected chi connectivity index (χ2v) is 6.30. The van der Waals surface area contributed by atoms with Crippen LogP contribution in [0.5, 0.6) is 0 Å². The van der Waals surface area contributed by atoms with Gasteiger partial charge in [0, 0.05) is 31.0 Å². The molecule has 0 bridgehead atoms. The Kier molecular flexibility index (Phi) is 5.24. The van der Waals surface area contributed by atoms with Crippen molar-refractivity contribution >= 4 is 11.5 Å². The highest BCUT2D eigenvalue weighted by Crippen LogP contribution is 2.32. The lowest BCUT2D eigenvalue weighted by atomic mass is 10.0. The van der Waals surface area contributed by atoms with Gasteiger partial charge in [-0.2, -0.15) is 0 Å². The molecule has 8 heteroatoms. The molecule has 3 rings (SSSR count). The molecule has 1 aliphatic heterocycles. The zero-order valence-corrected chi connectivity index (χ0v) is 14.4. The van der Waals surface area contributed by atoms with Gasteiger partial charge < -0.3 is 14.7 Å². The molecule has 2 heterocycles. The Balaban J connectivity index is 2.06. The highest BCUT2D eigenvalue weighted by atomic mass is 19.2. The molecule has 1 N–H and O–H groups in total. The lowest BCUT2D eigenvalue weighted by Crippen LogP contribution is -2.46. The Morgan fingerprint density at radius 3 is 2.54 bits per heavy atom. The summed E-state index contributed by atoms with van der Waals surface area (Å²) in [5.41, 5.74) is -0.485. The van der Waals surface area contributed by atoms with Crippen molar-refractivity contribution in [3.8, 4) is 0 Å². The highest BCUT2D eigenvalue weighted by Gasteiger charge is 2.30. The van der Waals surface area contributed by atoms with Gasteiger partial charge in [-0.25, -0.2) is 13.8 Å². The van der Waals surface area contributed by atoms with Gasteiger partial charge in [-0.15, -0.1) is 0 Å². The van der Waals surface area contributed by atoms with E-state index in [4.69, 9.17) is 4.74 Å². The van der Waals surface area contributed by atoms with Gasteiger partial charge in [0.25, 0.3) is 0 Å². The molecule has 138 valence electrons. The quantitative estimate of drug-likeness (QED) is 0.839. The molecule has 1 aliphatic rings. The zero-order chi connectivity index (χ0) is 18.8. The molecule has 2 atom stereocenters. The smallest absolute Gasteiger partial charge is 0.215 e. The summed E-state index contributed by atoms with van der Waals surface area (Å²) in [4.78, 5) is 21.7. The summed E-state index contributed by atoms with van der Waals surface area (Å²) in [7, 11) is 0. The van der Waals surface area contributed by atoms with E-state index in [1.807, 2.05) is 13.8 Å². The summed E-state index contributed by atoms with van der Waals surface area (Å²) in [5, 5.41) is 9.69. The van der Waals surface area contributed by atoms with Crippen LogP contribution in [-0.4, -0.2) is 46.2 Å². The van der Waals surface area contributed by atoms with Crippen LogP contribution in [0.25, 0.3) is 0 Å². The number of aromatic nitrogens is 2. The minimum absolute atomic E-state index is 0.0392. The third kappa shape index (κ3) is 3.42. The number of morpholine rings is 1. The molecule has 0 radical (unpaired) electrons. The molecule has 1 aromatic carbocycles. The molecule has 0 aliphatic carbocycles. The van der Waals surface area contributed by atoms with Crippen LogP contribution in [-0.2, 0) is 11.3 Å². The van der Waals surface area contributed by atoms with E-state index in [1.165, 1.54) is 24.7 Å². The topological polar surface area (TPSA) is 75.5 Å². The van der Waals surface area contributed by atoms with Crippen molar-refractivity contribution in [2.45, 2.75) is 32.7 Å². The van der Waals surface area contributed by atoms with Crippen molar-refractivity contribution in [2.24, 2.45) is 0 Å². The standard InChI is InChI=1S/C18H19F2N3O3/c1-10-7-23(8-11(2)26-10)17-12(9-24)5-13(15(19)16(17)20)18(25)14-6-21-3-4-22-14/h3-6,10-11,24H,7-9H2,1-2H3. The van der Waals surface area contributed by atoms with Crippen LogP contribution in [0.2, 0.25) is 0 Å². The Bertz CT molecular complexity index is 807. The summed E-state index contributed by atoms with van der Waals surface area (Å²) >= 11 is 0. The van der Waals surface area contributed by atoms with Crippen molar-refractivity contribution < 1.29 is 23.4 Å². The van der Waals surface area contributed by atoms with Gasteiger partial charge in [0.2, 0.25) is 5.78 Å². The van der Waals surface area contributed by atoms with Gasteiger partial charge in [0.1, 0.15) is 5.69 Å². The SMILES string of the molecule is CC1CN(c2c(CO)cc(C(=O)c3cnccn3)c(F)c2F)CC(C)O1. The molecular weight excluding hydrogens is 344 g/mol. The van der Waals surface area contributed by atoms with Gasteiger partial charge in [-0.1, -0.05) is 0 Å². The van der Waals surface area contributed by atoms with E-state index in [0.717, 1.165) is 0 Å². The average molecular weight is 363 g/mol. The van der Waals surface area contributed by atoms with E-state index in [-0.39, 0.29) is 29.2 Å². The van der Waals surface area contributed by atoms with Crippen molar-refractivity contribution in [1.29, 1.82) is 0 Å². The maximum absolute atomic E-state index is 14.9. The number of ketones is 1. The number of anilines is 1. The van der Waals surface area contributed by atoms with Crippen LogP contribution >= 0.6 is 0 Å². The van der Waals surface area contributed by atoms with Gasteiger partial charge in [-0.05, 0) is 19.9 Å². The van der Waals surface area contributed by atoms with E-state index in [0.29, 0.717) is 13.1 Å². The first-order valence-corrected chi connectivity index (χ1v) is 8.25. The van der Waals surface area contributed by atoms with E-state index in [2.05, 4.69) is 9.97 Å². The second-order valence-electron chi connectivity index (χ2n) is 6.30. The molecule has 2 unspecified atom stereocenters. The number of rotatable bonds is 4. The predicted molar refractivity (Wildman–Crippen MR) is 90.0 cm³/mol. The normalized spacial score (nSPS) is 20.3. The number of nitrogens with zero attached hydrogens (tertiary/aromatic N) is 3. The number of halogens is 2. The van der Waals surface area contributed by atoms with Crippen LogP contribution in [0, 0.1) is 11.6 Å². The number of ether oxygens (including phenoxy) is 1. The van der Waals surface area contributed by atoms with Crippen LogP contribution in [0.3, 0.4) is 0 Å². The average Bonchev–Trinajstić information content (AvgIpc) is 2.63. The molecule has 1 fully saturated rings. The third-order valence-corrected chi connectivity index (χ3v) is 4.21. The van der Waals surface area contributed by atoms with Crippen molar-refractivity contribution in [2.75, 3.05) is 18.0 Å². The molecule has 0 spiro atoms. The molecule has 1 saturated heterocycles. The summed E-state index contributed by atoms with van der Waals surface area (Å²) in [5.74, 6) is -3.22. The number of benzene rings is 1. The summed E-state index contributed by atoms with van der Waals surface area (Å²) in [6, 6.07) is 1.18. The third-order valence-electron chi connectivity index (χ3n) is 4.21. The van der Waals surface area contributed by atoms with Crippen LogP contribution < -0.4 is 4.90 Å². The second kappa shape index (κ2) is 7.43. The van der Waals surface area contributed by atoms with E-state index < -0.39 is 29.6 Å². The fraction of sp³-hybridized carbons (Fsp3) is 0.389. The molecule has 2 aromatic rings. The molecule has 0 amide bonds. The van der Waals surface area contributed by atoms with Crippen molar-refractivity contribution in [3.63, 3.8) is 0 Å². The monoisotopic (exact) mass is 363 g/mol. The van der Waals surface area contributed by atoms with E-state index in [9.17, 15) is 18.7 Å². The fourth-order valence-electron chi connectivity index (χ4n) is 3.21. The first-order chi connectivity index (χ1) is 12.4. The Hall–Kier alpha value is -2.45. The summed E-state index contributed by atoms with van der Waals surface area (Å²) in [6.07, 6.45) is 3.50. The van der Waals surface area contributed by atoms with Gasteiger partial charge >= 0.3 is 0 Å². The van der Waals surface area contributed by atoms with Crippen LogP contribution in [0.4, 0.5) is 14.5 Å². The minimum atomic E-state index is -1.26. The number of hydrogen-bond donors (Lipinski definition) is 1. The lowest BCUT2D eigenvalue weighted by molar-refractivity contribution is -0.00554. The minimum Gasteiger partial charge on any atom is -0.392 e. The predicted octanol–water partition coefficient (Wildman–Crippen LogP) is 2.09. The summed E-state index contributed by atoms with van der Waals surface area (Å²) < 4.78 is 35.2. The summed E-state index contributed by atoms with van der Waals surface area (Å²) in [6.45, 7) is 3.84. The first-order valence-electron chi connectivity index (χ1n) is 8.25. The van der Waals surface area contributed by atoms with Gasteiger partial charge in [0.15, 0.2) is 11.6 Å². The van der Waals surface area contributed by atoms with E-state index >= 15 is 0 Å². The number of carbonyl (C=O) groups is 1. The molecule has 0 saturated carbocycles. The maximum Gasteiger partial charge on any atom is 0.215 e. The van der Waals surface area contributed by atoms with Gasteiger partial charge in [-0.3, -0.25) is 9.78 Å². The number of carbonyl (C=O) groups excluding carboxylic acids is 1. The molecular formula is C18H19F2N3O3.